The molecule has 16 nitrogen and oxygen atoms in total. The van der Waals surface area contributed by atoms with E-state index < -0.39 is 90.0 Å². The van der Waals surface area contributed by atoms with E-state index in [-0.39, 0.29) is 69.2 Å². The molecule has 16 heteroatoms. The summed E-state index contributed by atoms with van der Waals surface area (Å²) in [5.41, 5.74) is 1.55. The van der Waals surface area contributed by atoms with Crippen LogP contribution in [-0.4, -0.2) is 155 Å². The number of ketones is 2. The first-order valence-electron chi connectivity index (χ1n) is 23.4. The van der Waals surface area contributed by atoms with Gasteiger partial charge < -0.3 is 53.9 Å². The topological polar surface area (TPSA) is 219 Å². The van der Waals surface area contributed by atoms with Crippen molar-refractivity contribution in [2.24, 2.45) is 29.6 Å². The molecule has 4 N–H and O–H groups in total. The second kappa shape index (κ2) is 23.3. The maximum Gasteiger partial charge on any atom is 0.410 e. The molecular formula is C48H74N2O14. The second-order valence-corrected chi connectivity index (χ2v) is 19.2. The number of esters is 1. The van der Waals surface area contributed by atoms with E-state index in [0.717, 1.165) is 5.57 Å². The Morgan fingerprint density at radius 1 is 0.938 bits per heavy atom. The number of Topliss-reactive ketones (excluding diaryl/α,β-unsaturated/α-hetero) is 2. The Morgan fingerprint density at radius 2 is 1.61 bits per heavy atom. The summed E-state index contributed by atoms with van der Waals surface area (Å²) in [5, 5.41) is 43.0. The molecule has 360 valence electrons. The molecule has 3 saturated heterocycles. The van der Waals surface area contributed by atoms with E-state index in [2.05, 4.69) is 0 Å². The number of piperidine rings is 1. The molecule has 0 radical (unpaired) electrons. The van der Waals surface area contributed by atoms with E-state index in [0.29, 0.717) is 63.4 Å². The molecule has 1 saturated carbocycles. The Hall–Kier alpha value is -3.51. The summed E-state index contributed by atoms with van der Waals surface area (Å²) in [5.74, 6) is -8.07. The lowest BCUT2D eigenvalue weighted by atomic mass is 9.82. The minimum absolute atomic E-state index is 0.0247. The molecule has 11 atom stereocenters. The number of hydrogen-bond donors (Lipinski definition) is 4. The number of methoxy groups -OCH3 is 2. The summed E-state index contributed by atoms with van der Waals surface area (Å²) in [7, 11) is 3.03. The first kappa shape index (κ1) is 51.5. The number of β-amino-alcohol motifs (C(OH)–C–C–N with tert-alkyl or cyclic N) is 1. The minimum Gasteiger partial charge on any atom is -0.456 e. The average molecular weight is 903 g/mol. The predicted octanol–water partition coefficient (Wildman–Crippen LogP) is 4.20. The summed E-state index contributed by atoms with van der Waals surface area (Å²) in [6.45, 7) is 9.48. The van der Waals surface area contributed by atoms with E-state index in [9.17, 15) is 44.4 Å². The largest absolute Gasteiger partial charge is 0.456 e. The molecule has 0 unspecified atom stereocenters. The van der Waals surface area contributed by atoms with Crippen molar-refractivity contribution in [2.45, 2.75) is 166 Å². The lowest BCUT2D eigenvalue weighted by Crippen LogP contribution is -2.64. The van der Waals surface area contributed by atoms with Gasteiger partial charge in [-0.3, -0.25) is 14.4 Å². The quantitative estimate of drug-likeness (QED) is 0.153. The van der Waals surface area contributed by atoms with Crippen molar-refractivity contribution in [1.82, 2.24) is 9.80 Å². The van der Waals surface area contributed by atoms with Crippen LogP contribution >= 0.6 is 0 Å². The fourth-order valence-electron chi connectivity index (χ4n) is 10.2. The van der Waals surface area contributed by atoms with Crippen molar-refractivity contribution in [2.75, 3.05) is 40.5 Å². The number of rotatable bonds is 8. The van der Waals surface area contributed by atoms with Crippen LogP contribution in [0.4, 0.5) is 4.79 Å². The summed E-state index contributed by atoms with van der Waals surface area (Å²) < 4.78 is 30.0. The molecule has 0 aromatic heterocycles. The normalized spacial score (nSPS) is 38.1. The van der Waals surface area contributed by atoms with Gasteiger partial charge in [0.1, 0.15) is 30.1 Å². The summed E-state index contributed by atoms with van der Waals surface area (Å²) >= 11 is 0. The molecule has 1 aliphatic carbocycles. The van der Waals surface area contributed by atoms with Crippen LogP contribution in [0, 0.1) is 29.6 Å². The van der Waals surface area contributed by atoms with Gasteiger partial charge in [0.05, 0.1) is 44.1 Å². The number of carbonyl (C=O) groups excluding carboxylic acids is 5. The molecule has 2 amide bonds. The van der Waals surface area contributed by atoms with E-state index in [1.54, 1.807) is 26.0 Å². The molecule has 4 aliphatic heterocycles. The third-order valence-corrected chi connectivity index (χ3v) is 14.1. The van der Waals surface area contributed by atoms with E-state index in [1.165, 1.54) is 24.0 Å². The molecule has 5 rings (SSSR count). The Balaban J connectivity index is 1.47. The van der Waals surface area contributed by atoms with Gasteiger partial charge in [0, 0.05) is 44.9 Å². The number of ether oxygens (including phenoxy) is 5. The third-order valence-electron chi connectivity index (χ3n) is 14.1. The number of carbonyl (C=O) groups is 5. The van der Waals surface area contributed by atoms with E-state index in [1.807, 2.05) is 32.9 Å². The van der Waals surface area contributed by atoms with Crippen molar-refractivity contribution in [3.8, 4) is 0 Å². The van der Waals surface area contributed by atoms with Gasteiger partial charge >= 0.3 is 12.1 Å². The van der Waals surface area contributed by atoms with Crippen molar-refractivity contribution in [3.63, 3.8) is 0 Å². The van der Waals surface area contributed by atoms with Gasteiger partial charge in [0.25, 0.3) is 11.7 Å². The third kappa shape index (κ3) is 12.7. The molecule has 4 heterocycles. The van der Waals surface area contributed by atoms with Crippen LogP contribution in [0.15, 0.2) is 35.5 Å². The molecule has 64 heavy (non-hydrogen) atoms. The fraction of sp³-hybridized carbons (Fsp3) is 0.771. The molecule has 4 fully saturated rings. The number of aliphatic hydroxyl groups is 4. The first-order valence-corrected chi connectivity index (χ1v) is 23.4. The lowest BCUT2D eigenvalue weighted by molar-refractivity contribution is -0.302. The Kier molecular flexibility index (Phi) is 18.7. The Labute approximate surface area is 378 Å². The fourth-order valence-corrected chi connectivity index (χ4v) is 10.2. The van der Waals surface area contributed by atoms with E-state index >= 15 is 0 Å². The number of allylic oxidation sites excluding steroid dienone is 4. The number of aliphatic hydroxyl groups excluding tert-OH is 3. The molecule has 0 aromatic carbocycles. The minimum atomic E-state index is -2.54. The molecule has 2 bridgehead atoms. The van der Waals surface area contributed by atoms with Gasteiger partial charge in [0.2, 0.25) is 5.79 Å². The summed E-state index contributed by atoms with van der Waals surface area (Å²) in [6, 6.07) is -1.17. The van der Waals surface area contributed by atoms with Crippen molar-refractivity contribution < 1.29 is 68.1 Å². The highest BCUT2D eigenvalue weighted by Gasteiger charge is 2.56. The van der Waals surface area contributed by atoms with Gasteiger partial charge in [-0.1, -0.05) is 50.6 Å². The highest BCUT2D eigenvalue weighted by atomic mass is 16.7. The molecule has 0 aromatic rings. The van der Waals surface area contributed by atoms with Crippen molar-refractivity contribution in [1.29, 1.82) is 0 Å². The Morgan fingerprint density at radius 3 is 2.25 bits per heavy atom. The smallest absolute Gasteiger partial charge is 0.410 e. The maximum absolute atomic E-state index is 14.4. The van der Waals surface area contributed by atoms with Crippen LogP contribution in [0.25, 0.3) is 0 Å². The lowest BCUT2D eigenvalue weighted by Gasteiger charge is -2.47. The number of hydrogen-bond acceptors (Lipinski definition) is 14. The number of nitrogens with zero attached hydrogens (tertiary/aromatic N) is 2. The number of likely N-dealkylation sites (tertiary alicyclic amines) is 1. The second-order valence-electron chi connectivity index (χ2n) is 19.2. The zero-order chi connectivity index (χ0) is 46.9. The first-order chi connectivity index (χ1) is 30.4. The van der Waals surface area contributed by atoms with Crippen LogP contribution in [0.3, 0.4) is 0 Å². The Bertz CT molecular complexity index is 1720. The maximum atomic E-state index is 14.4. The van der Waals surface area contributed by atoms with Gasteiger partial charge in [-0.2, -0.15) is 0 Å². The zero-order valence-electron chi connectivity index (χ0n) is 38.9. The standard InChI is InChI=1S/C48H74N2O14/c1-28-20-29(2)22-40(60-6)43-41(61-7)24-31(4)48(59,64-43)44(55)45(56)50-18-10-8-13-37(50)46(57)63-42(32(5)38(53)25-39(54)34(21-28)12-9-11-19-51)30(3)23-33-14-16-36(17-15-33)62-47(58)49-26-35(52)27-49/h9,11,21,23,29,31-38,40-43,51-53,59H,8,10,12-20,22,24-27H2,1-7H3/b11-9+,28-21+,30-23+/t29-,31+,32+,33?,34+,36?,37-,38-,40-,41-,42+,43+,48+/m0/s1. The van der Waals surface area contributed by atoms with Crippen LogP contribution in [0.5, 0.6) is 0 Å². The summed E-state index contributed by atoms with van der Waals surface area (Å²) in [4.78, 5) is 72.3. The van der Waals surface area contributed by atoms with Crippen molar-refractivity contribution in [3.05, 3.63) is 35.5 Å². The average Bonchev–Trinajstić information content (AvgIpc) is 3.26. The number of amides is 2. The summed E-state index contributed by atoms with van der Waals surface area (Å²) in [6.07, 6.45) is 6.57. The zero-order valence-corrected chi connectivity index (χ0v) is 38.9. The molecule has 0 spiro atoms. The number of fused-ring (bicyclic) bond motifs is 3. The SMILES string of the molecule is CO[C@H]1C[C@@H](C)C/C(C)=C/[C@@H](C/C=C/CO)C(=O)C[C@H](O)[C@@H](C)[C@@H](/C(C)=C/C2CCC(OC(=O)N3CC(O)C3)CC2)OC(=O)[C@@H]2CCCCN2C(=O)C(=O)[C@]2(O)O[C@H]1[C@@H](OC)C[C@H]2C. The predicted molar refractivity (Wildman–Crippen MR) is 234 cm³/mol. The highest BCUT2D eigenvalue weighted by molar-refractivity contribution is 6.39. The molecule has 5 aliphatic rings. The van der Waals surface area contributed by atoms with E-state index in [4.69, 9.17) is 23.7 Å². The van der Waals surface area contributed by atoms with Gasteiger partial charge in [-0.15, -0.1) is 0 Å². The van der Waals surface area contributed by atoms with Gasteiger partial charge in [0.15, 0.2) is 0 Å². The molecular weight excluding hydrogens is 829 g/mol. The van der Waals surface area contributed by atoms with Gasteiger partial charge in [-0.25, -0.2) is 9.59 Å². The van der Waals surface area contributed by atoms with Crippen LogP contribution < -0.4 is 0 Å². The van der Waals surface area contributed by atoms with Gasteiger partial charge in [-0.05, 0) is 102 Å². The highest BCUT2D eigenvalue weighted by Crippen LogP contribution is 2.39. The van der Waals surface area contributed by atoms with Crippen molar-refractivity contribution >= 4 is 29.5 Å². The monoisotopic (exact) mass is 903 g/mol. The van der Waals surface area contributed by atoms with Crippen LogP contribution in [0.2, 0.25) is 0 Å². The number of cyclic esters (lactones) is 1. The van der Waals surface area contributed by atoms with Crippen LogP contribution in [-0.2, 0) is 42.9 Å². The van der Waals surface area contributed by atoms with Crippen LogP contribution in [0.1, 0.15) is 112 Å².